The molecule has 0 fully saturated rings. The number of nitrogen functional groups attached to an aromatic ring is 1. The van der Waals surface area contributed by atoms with Crippen molar-refractivity contribution < 1.29 is 9.47 Å². The lowest BCUT2D eigenvalue weighted by Gasteiger charge is -2.11. The molecule has 0 saturated carbocycles. The highest BCUT2D eigenvalue weighted by molar-refractivity contribution is 5.60. The second-order valence-corrected chi connectivity index (χ2v) is 4.14. The SMILES string of the molecule is COc1ccc(CNc2nn(C)cc2N)c(OC)c1. The van der Waals surface area contributed by atoms with Gasteiger partial charge in [-0.25, -0.2) is 0 Å². The zero-order valence-electron chi connectivity index (χ0n) is 11.3. The van der Waals surface area contributed by atoms with Crippen molar-refractivity contribution in [3.8, 4) is 11.5 Å². The van der Waals surface area contributed by atoms with Crippen LogP contribution in [-0.4, -0.2) is 24.0 Å². The van der Waals surface area contributed by atoms with E-state index in [0.717, 1.165) is 17.1 Å². The van der Waals surface area contributed by atoms with Gasteiger partial charge in [0, 0.05) is 31.4 Å². The summed E-state index contributed by atoms with van der Waals surface area (Å²) >= 11 is 0. The molecule has 1 aromatic heterocycles. The maximum Gasteiger partial charge on any atom is 0.171 e. The average molecular weight is 262 g/mol. The number of nitrogens with zero attached hydrogens (tertiary/aromatic N) is 2. The maximum absolute atomic E-state index is 5.82. The molecule has 19 heavy (non-hydrogen) atoms. The van der Waals surface area contributed by atoms with Crippen LogP contribution in [0.4, 0.5) is 11.5 Å². The molecule has 0 aliphatic heterocycles. The summed E-state index contributed by atoms with van der Waals surface area (Å²) in [5, 5.41) is 7.41. The van der Waals surface area contributed by atoms with Crippen LogP contribution in [0.3, 0.4) is 0 Å². The van der Waals surface area contributed by atoms with Crippen LogP contribution in [-0.2, 0) is 13.6 Å². The first kappa shape index (κ1) is 13.1. The van der Waals surface area contributed by atoms with Gasteiger partial charge in [-0.05, 0) is 12.1 Å². The number of hydrogen-bond donors (Lipinski definition) is 2. The van der Waals surface area contributed by atoms with Gasteiger partial charge in [0.1, 0.15) is 11.5 Å². The Kier molecular flexibility index (Phi) is 3.79. The van der Waals surface area contributed by atoms with Crippen LogP contribution in [0.2, 0.25) is 0 Å². The zero-order valence-corrected chi connectivity index (χ0v) is 11.3. The number of benzene rings is 1. The Labute approximate surface area is 112 Å². The van der Waals surface area contributed by atoms with Gasteiger partial charge in [-0.15, -0.1) is 0 Å². The minimum atomic E-state index is 0.578. The number of methoxy groups -OCH3 is 2. The van der Waals surface area contributed by atoms with Gasteiger partial charge in [0.05, 0.1) is 19.9 Å². The lowest BCUT2D eigenvalue weighted by Crippen LogP contribution is -2.04. The predicted molar refractivity (Wildman–Crippen MR) is 74.5 cm³/mol. The second-order valence-electron chi connectivity index (χ2n) is 4.14. The minimum Gasteiger partial charge on any atom is -0.497 e. The molecule has 0 aliphatic rings. The molecule has 2 rings (SSSR count). The molecule has 2 aromatic rings. The van der Waals surface area contributed by atoms with Crippen molar-refractivity contribution in [1.29, 1.82) is 0 Å². The molecule has 0 bridgehead atoms. The first-order chi connectivity index (χ1) is 9.13. The number of aromatic nitrogens is 2. The molecule has 0 atom stereocenters. The monoisotopic (exact) mass is 262 g/mol. The third-order valence-corrected chi connectivity index (χ3v) is 2.80. The van der Waals surface area contributed by atoms with Crippen molar-refractivity contribution in [2.45, 2.75) is 6.54 Å². The van der Waals surface area contributed by atoms with Gasteiger partial charge in [0.25, 0.3) is 0 Å². The van der Waals surface area contributed by atoms with Gasteiger partial charge >= 0.3 is 0 Å². The first-order valence-electron chi connectivity index (χ1n) is 5.88. The van der Waals surface area contributed by atoms with E-state index >= 15 is 0 Å². The fourth-order valence-corrected chi connectivity index (χ4v) is 1.82. The lowest BCUT2D eigenvalue weighted by atomic mass is 10.2. The zero-order chi connectivity index (χ0) is 13.8. The van der Waals surface area contributed by atoms with E-state index in [1.54, 1.807) is 25.1 Å². The van der Waals surface area contributed by atoms with E-state index in [1.165, 1.54) is 0 Å². The highest BCUT2D eigenvalue weighted by Gasteiger charge is 2.07. The van der Waals surface area contributed by atoms with E-state index in [2.05, 4.69) is 10.4 Å². The first-order valence-corrected chi connectivity index (χ1v) is 5.88. The Morgan fingerprint density at radius 2 is 2.11 bits per heavy atom. The van der Waals surface area contributed by atoms with Gasteiger partial charge in [0.15, 0.2) is 5.82 Å². The minimum absolute atomic E-state index is 0.578. The van der Waals surface area contributed by atoms with Crippen LogP contribution in [0.15, 0.2) is 24.4 Å². The molecule has 0 radical (unpaired) electrons. The van der Waals surface area contributed by atoms with Crippen molar-refractivity contribution in [2.75, 3.05) is 25.3 Å². The fraction of sp³-hybridized carbons (Fsp3) is 0.308. The summed E-state index contributed by atoms with van der Waals surface area (Å²) < 4.78 is 12.2. The molecule has 0 aliphatic carbocycles. The topological polar surface area (TPSA) is 74.3 Å². The van der Waals surface area contributed by atoms with Gasteiger partial charge in [-0.3, -0.25) is 4.68 Å². The number of nitrogens with one attached hydrogen (secondary N) is 1. The standard InChI is InChI=1S/C13H18N4O2/c1-17-8-11(14)13(16-17)15-7-9-4-5-10(18-2)6-12(9)19-3/h4-6,8H,7,14H2,1-3H3,(H,15,16). The molecule has 0 spiro atoms. The highest BCUT2D eigenvalue weighted by atomic mass is 16.5. The summed E-state index contributed by atoms with van der Waals surface area (Å²) in [5.41, 5.74) is 7.45. The van der Waals surface area contributed by atoms with Crippen molar-refractivity contribution in [1.82, 2.24) is 9.78 Å². The van der Waals surface area contributed by atoms with Crippen LogP contribution in [0.25, 0.3) is 0 Å². The number of hydrogen-bond acceptors (Lipinski definition) is 5. The molecule has 1 aromatic carbocycles. The van der Waals surface area contributed by atoms with E-state index in [4.69, 9.17) is 15.2 Å². The van der Waals surface area contributed by atoms with Gasteiger partial charge in [-0.1, -0.05) is 0 Å². The number of ether oxygens (including phenoxy) is 2. The third-order valence-electron chi connectivity index (χ3n) is 2.80. The Morgan fingerprint density at radius 1 is 1.32 bits per heavy atom. The molecule has 0 saturated heterocycles. The Morgan fingerprint density at radius 3 is 2.68 bits per heavy atom. The van der Waals surface area contributed by atoms with E-state index in [1.807, 2.05) is 25.2 Å². The van der Waals surface area contributed by atoms with Gasteiger partial charge in [0.2, 0.25) is 0 Å². The summed E-state index contributed by atoms with van der Waals surface area (Å²) in [5.74, 6) is 2.19. The number of anilines is 2. The number of nitrogens with two attached hydrogens (primary N) is 1. The molecule has 0 unspecified atom stereocenters. The molecular weight excluding hydrogens is 244 g/mol. The Balaban J connectivity index is 2.13. The molecule has 102 valence electrons. The Bertz CT molecular complexity index is 566. The van der Waals surface area contributed by atoms with E-state index in [-0.39, 0.29) is 0 Å². The van der Waals surface area contributed by atoms with Crippen LogP contribution in [0.5, 0.6) is 11.5 Å². The summed E-state index contributed by atoms with van der Waals surface area (Å²) in [6.45, 7) is 0.578. The van der Waals surface area contributed by atoms with Crippen LogP contribution < -0.4 is 20.5 Å². The molecule has 0 amide bonds. The van der Waals surface area contributed by atoms with Crippen molar-refractivity contribution in [3.05, 3.63) is 30.0 Å². The summed E-state index contributed by atoms with van der Waals surface area (Å²) in [6.07, 6.45) is 1.76. The van der Waals surface area contributed by atoms with Crippen molar-refractivity contribution in [3.63, 3.8) is 0 Å². The number of rotatable bonds is 5. The molecular formula is C13H18N4O2. The summed E-state index contributed by atoms with van der Waals surface area (Å²) in [6, 6.07) is 5.68. The van der Waals surface area contributed by atoms with Crippen LogP contribution >= 0.6 is 0 Å². The van der Waals surface area contributed by atoms with E-state index < -0.39 is 0 Å². The van der Waals surface area contributed by atoms with Crippen molar-refractivity contribution in [2.24, 2.45) is 7.05 Å². The molecule has 3 N–H and O–H groups in total. The predicted octanol–water partition coefficient (Wildman–Crippen LogP) is 1.63. The summed E-state index contributed by atoms with van der Waals surface area (Å²) in [7, 11) is 5.09. The quantitative estimate of drug-likeness (QED) is 0.856. The Hall–Kier alpha value is -2.37. The van der Waals surface area contributed by atoms with Crippen molar-refractivity contribution >= 4 is 11.5 Å². The largest absolute Gasteiger partial charge is 0.497 e. The molecule has 6 nitrogen and oxygen atoms in total. The average Bonchev–Trinajstić information content (AvgIpc) is 2.74. The third kappa shape index (κ3) is 2.90. The van der Waals surface area contributed by atoms with E-state index in [9.17, 15) is 0 Å². The molecule has 6 heteroatoms. The van der Waals surface area contributed by atoms with Crippen LogP contribution in [0, 0.1) is 0 Å². The second kappa shape index (κ2) is 5.51. The molecule has 1 heterocycles. The smallest absolute Gasteiger partial charge is 0.171 e. The normalized spacial score (nSPS) is 10.3. The van der Waals surface area contributed by atoms with Crippen LogP contribution in [0.1, 0.15) is 5.56 Å². The number of aryl methyl sites for hydroxylation is 1. The lowest BCUT2D eigenvalue weighted by molar-refractivity contribution is 0.391. The maximum atomic E-state index is 5.82. The van der Waals surface area contributed by atoms with E-state index in [0.29, 0.717) is 18.1 Å². The van der Waals surface area contributed by atoms with Gasteiger partial charge < -0.3 is 20.5 Å². The fourth-order valence-electron chi connectivity index (χ4n) is 1.82. The summed E-state index contributed by atoms with van der Waals surface area (Å²) in [4.78, 5) is 0. The van der Waals surface area contributed by atoms with Gasteiger partial charge in [-0.2, -0.15) is 5.10 Å². The highest BCUT2D eigenvalue weighted by Crippen LogP contribution is 2.25.